The molecule has 7 nitrogen and oxygen atoms in total. The lowest BCUT2D eigenvalue weighted by Gasteiger charge is -2.12. The minimum absolute atomic E-state index is 0.352. The number of carbonyl (C=O) groups excluding carboxylic acids is 2. The second-order valence-corrected chi connectivity index (χ2v) is 5.43. The standard InChI is InChI=1S/C19H21N3O4/c1-13(21-19(24)15-6-10-17(26-3)11-7-15)18(23)22-20-12-14-4-8-16(25-2)9-5-14/h4-13H,1-3H3,(H,21,24)(H,22,23). The summed E-state index contributed by atoms with van der Waals surface area (Å²) in [6.07, 6.45) is 1.51. The summed E-state index contributed by atoms with van der Waals surface area (Å²) in [5.74, 6) is 0.618. The van der Waals surface area contributed by atoms with E-state index in [-0.39, 0.29) is 5.91 Å². The molecule has 2 rings (SSSR count). The number of hydrogen-bond donors (Lipinski definition) is 2. The third-order valence-corrected chi connectivity index (χ3v) is 3.60. The summed E-state index contributed by atoms with van der Waals surface area (Å²) in [5, 5.41) is 6.50. The van der Waals surface area contributed by atoms with E-state index in [1.807, 2.05) is 12.1 Å². The zero-order valence-electron chi connectivity index (χ0n) is 14.9. The van der Waals surface area contributed by atoms with Crippen molar-refractivity contribution in [2.24, 2.45) is 5.10 Å². The van der Waals surface area contributed by atoms with Crippen molar-refractivity contribution in [2.45, 2.75) is 13.0 Å². The molecule has 0 aliphatic heterocycles. The highest BCUT2D eigenvalue weighted by Crippen LogP contribution is 2.11. The SMILES string of the molecule is COc1ccc(C=NNC(=O)C(C)NC(=O)c2ccc(OC)cc2)cc1. The fourth-order valence-corrected chi connectivity index (χ4v) is 2.05. The average Bonchev–Trinajstić information content (AvgIpc) is 2.68. The van der Waals surface area contributed by atoms with Gasteiger partial charge < -0.3 is 14.8 Å². The van der Waals surface area contributed by atoms with E-state index < -0.39 is 11.9 Å². The molecule has 26 heavy (non-hydrogen) atoms. The van der Waals surface area contributed by atoms with Gasteiger partial charge in [-0.3, -0.25) is 9.59 Å². The minimum Gasteiger partial charge on any atom is -0.497 e. The van der Waals surface area contributed by atoms with E-state index >= 15 is 0 Å². The van der Waals surface area contributed by atoms with Crippen LogP contribution < -0.4 is 20.2 Å². The second kappa shape index (κ2) is 9.22. The lowest BCUT2D eigenvalue weighted by atomic mass is 10.2. The highest BCUT2D eigenvalue weighted by Gasteiger charge is 2.16. The van der Waals surface area contributed by atoms with Crippen LogP contribution in [0.4, 0.5) is 0 Å². The molecule has 0 aliphatic rings. The number of hydrogen-bond acceptors (Lipinski definition) is 5. The first-order chi connectivity index (χ1) is 12.5. The third kappa shape index (κ3) is 5.34. The van der Waals surface area contributed by atoms with Crippen molar-refractivity contribution in [1.29, 1.82) is 0 Å². The molecule has 0 radical (unpaired) electrons. The minimum atomic E-state index is -0.738. The molecule has 0 fully saturated rings. The van der Waals surface area contributed by atoms with Crippen molar-refractivity contribution in [2.75, 3.05) is 14.2 Å². The van der Waals surface area contributed by atoms with Crippen LogP contribution in [0.5, 0.6) is 11.5 Å². The Morgan fingerprint density at radius 1 is 0.962 bits per heavy atom. The molecular weight excluding hydrogens is 334 g/mol. The molecule has 136 valence electrons. The van der Waals surface area contributed by atoms with E-state index in [1.165, 1.54) is 6.21 Å². The van der Waals surface area contributed by atoms with Crippen LogP contribution >= 0.6 is 0 Å². The second-order valence-electron chi connectivity index (χ2n) is 5.43. The summed E-state index contributed by atoms with van der Waals surface area (Å²) in [6.45, 7) is 1.58. The highest BCUT2D eigenvalue weighted by atomic mass is 16.5. The molecule has 2 amide bonds. The Kier molecular flexibility index (Phi) is 6.73. The zero-order chi connectivity index (χ0) is 18.9. The van der Waals surface area contributed by atoms with Gasteiger partial charge in [-0.1, -0.05) is 0 Å². The molecule has 0 spiro atoms. The molecule has 1 atom stereocenters. The summed E-state index contributed by atoms with van der Waals surface area (Å²) >= 11 is 0. The van der Waals surface area contributed by atoms with Crippen molar-refractivity contribution in [3.05, 3.63) is 59.7 Å². The van der Waals surface area contributed by atoms with Gasteiger partial charge in [0.15, 0.2) is 0 Å². The predicted octanol–water partition coefficient (Wildman–Crippen LogP) is 1.97. The van der Waals surface area contributed by atoms with Crippen molar-refractivity contribution < 1.29 is 19.1 Å². The number of ether oxygens (including phenoxy) is 2. The van der Waals surface area contributed by atoms with Crippen molar-refractivity contribution >= 4 is 18.0 Å². The lowest BCUT2D eigenvalue weighted by Crippen LogP contribution is -2.43. The molecular formula is C19H21N3O4. The number of nitrogens with zero attached hydrogens (tertiary/aromatic N) is 1. The molecule has 7 heteroatoms. The van der Waals surface area contributed by atoms with Crippen LogP contribution in [-0.2, 0) is 4.79 Å². The summed E-state index contributed by atoms with van der Waals surface area (Å²) in [6, 6.07) is 13.1. The van der Waals surface area contributed by atoms with Gasteiger partial charge in [-0.15, -0.1) is 0 Å². The van der Waals surface area contributed by atoms with Crippen molar-refractivity contribution in [3.63, 3.8) is 0 Å². The van der Waals surface area contributed by atoms with Crippen molar-refractivity contribution in [3.8, 4) is 11.5 Å². The first-order valence-electron chi connectivity index (χ1n) is 7.95. The summed E-state index contributed by atoms with van der Waals surface area (Å²) < 4.78 is 10.1. The van der Waals surface area contributed by atoms with Gasteiger partial charge in [-0.05, 0) is 61.0 Å². The van der Waals surface area contributed by atoms with E-state index in [2.05, 4.69) is 15.8 Å². The molecule has 0 saturated heterocycles. The number of rotatable bonds is 7. The Bertz CT molecular complexity index is 770. The topological polar surface area (TPSA) is 89.0 Å². The Hall–Kier alpha value is -3.35. The zero-order valence-corrected chi connectivity index (χ0v) is 14.9. The largest absolute Gasteiger partial charge is 0.497 e. The fraction of sp³-hybridized carbons (Fsp3) is 0.211. The van der Waals surface area contributed by atoms with E-state index in [9.17, 15) is 9.59 Å². The molecule has 0 aliphatic carbocycles. The molecule has 0 heterocycles. The third-order valence-electron chi connectivity index (χ3n) is 3.60. The number of amides is 2. The first kappa shape index (κ1) is 19.0. The van der Waals surface area contributed by atoms with Crippen LogP contribution in [0, 0.1) is 0 Å². The molecule has 0 saturated carbocycles. The lowest BCUT2D eigenvalue weighted by molar-refractivity contribution is -0.122. The van der Waals surface area contributed by atoms with Crippen LogP contribution in [0.15, 0.2) is 53.6 Å². The summed E-state index contributed by atoms with van der Waals surface area (Å²) in [4.78, 5) is 24.2. The van der Waals surface area contributed by atoms with Gasteiger partial charge in [-0.2, -0.15) is 5.10 Å². The first-order valence-corrected chi connectivity index (χ1v) is 7.95. The summed E-state index contributed by atoms with van der Waals surface area (Å²) in [5.41, 5.74) is 3.64. The Labute approximate surface area is 152 Å². The maximum Gasteiger partial charge on any atom is 0.262 e. The fourth-order valence-electron chi connectivity index (χ4n) is 2.05. The monoisotopic (exact) mass is 355 g/mol. The normalized spacial score (nSPS) is 11.7. The van der Waals surface area contributed by atoms with Gasteiger partial charge in [0.1, 0.15) is 17.5 Å². The van der Waals surface area contributed by atoms with Gasteiger partial charge in [-0.25, -0.2) is 5.43 Å². The van der Waals surface area contributed by atoms with Crippen molar-refractivity contribution in [1.82, 2.24) is 10.7 Å². The quantitative estimate of drug-likeness (QED) is 0.587. The van der Waals surface area contributed by atoms with Crippen LogP contribution in [0.1, 0.15) is 22.8 Å². The maximum absolute atomic E-state index is 12.1. The predicted molar refractivity (Wildman–Crippen MR) is 98.7 cm³/mol. The number of methoxy groups -OCH3 is 2. The van der Waals surface area contributed by atoms with Crippen LogP contribution in [-0.4, -0.2) is 38.3 Å². The van der Waals surface area contributed by atoms with E-state index in [0.717, 1.165) is 11.3 Å². The molecule has 0 bridgehead atoms. The number of carbonyl (C=O) groups is 2. The average molecular weight is 355 g/mol. The summed E-state index contributed by atoms with van der Waals surface area (Å²) in [7, 11) is 3.14. The van der Waals surface area contributed by atoms with Crippen LogP contribution in [0.2, 0.25) is 0 Å². The molecule has 2 aromatic carbocycles. The van der Waals surface area contributed by atoms with Gasteiger partial charge in [0.2, 0.25) is 0 Å². The Balaban J connectivity index is 1.85. The molecule has 2 aromatic rings. The Morgan fingerprint density at radius 2 is 1.50 bits per heavy atom. The Morgan fingerprint density at radius 3 is 2.04 bits per heavy atom. The van der Waals surface area contributed by atoms with E-state index in [4.69, 9.17) is 9.47 Å². The number of nitrogens with one attached hydrogen (secondary N) is 2. The van der Waals surface area contributed by atoms with Gasteiger partial charge in [0.25, 0.3) is 11.8 Å². The molecule has 1 unspecified atom stereocenters. The van der Waals surface area contributed by atoms with Crippen LogP contribution in [0.3, 0.4) is 0 Å². The maximum atomic E-state index is 12.1. The highest BCUT2D eigenvalue weighted by molar-refractivity contribution is 5.97. The number of benzene rings is 2. The smallest absolute Gasteiger partial charge is 0.262 e. The van der Waals surface area contributed by atoms with E-state index in [1.54, 1.807) is 57.5 Å². The van der Waals surface area contributed by atoms with Gasteiger partial charge >= 0.3 is 0 Å². The van der Waals surface area contributed by atoms with Gasteiger partial charge in [0, 0.05) is 5.56 Å². The molecule has 2 N–H and O–H groups in total. The number of hydrazone groups is 1. The van der Waals surface area contributed by atoms with Gasteiger partial charge in [0.05, 0.1) is 20.4 Å². The van der Waals surface area contributed by atoms with E-state index in [0.29, 0.717) is 11.3 Å². The molecule has 0 aromatic heterocycles. The van der Waals surface area contributed by atoms with Crippen LogP contribution in [0.25, 0.3) is 0 Å².